The lowest BCUT2D eigenvalue weighted by molar-refractivity contribution is 0.266. The topological polar surface area (TPSA) is 53.7 Å². The maximum Gasteiger partial charge on any atom is 0.146 e. The number of hydrogen-bond acceptors (Lipinski definition) is 4. The molecule has 0 aliphatic carbocycles. The highest BCUT2D eigenvalue weighted by Crippen LogP contribution is 2.28. The van der Waals surface area contributed by atoms with E-state index in [0.717, 1.165) is 17.1 Å². The highest BCUT2D eigenvalue weighted by molar-refractivity contribution is 5.55. The Morgan fingerprint density at radius 1 is 0.955 bits per heavy atom. The van der Waals surface area contributed by atoms with Crippen LogP contribution in [-0.4, -0.2) is 13.7 Å². The van der Waals surface area contributed by atoms with Gasteiger partial charge in [0.05, 0.1) is 19.4 Å². The quantitative estimate of drug-likeness (QED) is 0.788. The van der Waals surface area contributed by atoms with Crippen molar-refractivity contribution < 1.29 is 14.2 Å². The number of hydrogen-bond donors (Lipinski definition) is 1. The highest BCUT2D eigenvalue weighted by Gasteiger charge is 2.05. The molecule has 0 aliphatic heterocycles. The van der Waals surface area contributed by atoms with Crippen molar-refractivity contribution in [3.8, 4) is 17.2 Å². The molecule has 0 bridgehead atoms. The number of benzene rings is 2. The van der Waals surface area contributed by atoms with Crippen LogP contribution in [-0.2, 0) is 6.61 Å². The number of rotatable bonds is 7. The molecule has 0 fully saturated rings. The molecule has 2 rings (SSSR count). The van der Waals surface area contributed by atoms with Crippen LogP contribution in [0, 0.1) is 5.92 Å². The molecule has 2 N–H and O–H groups in total. The van der Waals surface area contributed by atoms with E-state index in [4.69, 9.17) is 19.9 Å². The molecule has 0 aromatic heterocycles. The predicted molar refractivity (Wildman–Crippen MR) is 88.5 cm³/mol. The first kappa shape index (κ1) is 16.0. The predicted octanol–water partition coefficient (Wildman–Crippen LogP) is 3.89. The molecule has 2 aromatic rings. The molecule has 0 aliphatic rings. The molecular weight excluding hydrogens is 278 g/mol. The fourth-order valence-electron chi connectivity index (χ4n) is 1.88. The maximum absolute atomic E-state index is 5.95. The standard InChI is InChI=1S/C18H23NO3/c1-13(2)11-21-16-8-9-17(19)18(10-16)22-12-14-4-6-15(20-3)7-5-14/h4-10,13H,11-12,19H2,1-3H3. The van der Waals surface area contributed by atoms with Crippen LogP contribution in [0.5, 0.6) is 17.2 Å². The fourth-order valence-corrected chi connectivity index (χ4v) is 1.88. The van der Waals surface area contributed by atoms with Crippen molar-refractivity contribution >= 4 is 5.69 Å². The van der Waals surface area contributed by atoms with Crippen molar-refractivity contribution in [1.82, 2.24) is 0 Å². The van der Waals surface area contributed by atoms with Crippen LogP contribution in [0.3, 0.4) is 0 Å². The summed E-state index contributed by atoms with van der Waals surface area (Å²) in [6, 6.07) is 13.2. The summed E-state index contributed by atoms with van der Waals surface area (Å²) < 4.78 is 16.6. The van der Waals surface area contributed by atoms with Gasteiger partial charge >= 0.3 is 0 Å². The lowest BCUT2D eigenvalue weighted by atomic mass is 10.2. The molecule has 0 spiro atoms. The highest BCUT2D eigenvalue weighted by atomic mass is 16.5. The van der Waals surface area contributed by atoms with E-state index in [-0.39, 0.29) is 0 Å². The zero-order chi connectivity index (χ0) is 15.9. The first-order valence-corrected chi connectivity index (χ1v) is 7.36. The average Bonchev–Trinajstić information content (AvgIpc) is 2.53. The second-order valence-electron chi connectivity index (χ2n) is 5.54. The normalized spacial score (nSPS) is 10.5. The second-order valence-corrected chi connectivity index (χ2v) is 5.54. The van der Waals surface area contributed by atoms with Gasteiger partial charge in [0.2, 0.25) is 0 Å². The Kier molecular flexibility index (Phi) is 5.53. The van der Waals surface area contributed by atoms with Crippen LogP contribution in [0.2, 0.25) is 0 Å². The van der Waals surface area contributed by atoms with E-state index in [1.54, 1.807) is 13.2 Å². The number of nitrogens with two attached hydrogens (primary N) is 1. The van der Waals surface area contributed by atoms with Gasteiger partial charge in [-0.15, -0.1) is 0 Å². The van der Waals surface area contributed by atoms with Gasteiger partial charge in [-0.1, -0.05) is 26.0 Å². The summed E-state index contributed by atoms with van der Waals surface area (Å²) in [7, 11) is 1.65. The van der Waals surface area contributed by atoms with Crippen molar-refractivity contribution in [2.45, 2.75) is 20.5 Å². The van der Waals surface area contributed by atoms with Gasteiger partial charge in [0.15, 0.2) is 0 Å². The van der Waals surface area contributed by atoms with Crippen LogP contribution in [0.15, 0.2) is 42.5 Å². The van der Waals surface area contributed by atoms with Crippen molar-refractivity contribution in [3.05, 3.63) is 48.0 Å². The van der Waals surface area contributed by atoms with Gasteiger partial charge in [-0.05, 0) is 35.7 Å². The third kappa shape index (κ3) is 4.58. The van der Waals surface area contributed by atoms with Gasteiger partial charge in [-0.3, -0.25) is 0 Å². The molecule has 4 nitrogen and oxygen atoms in total. The smallest absolute Gasteiger partial charge is 0.146 e. The molecular formula is C18H23NO3. The van der Waals surface area contributed by atoms with Crippen LogP contribution < -0.4 is 19.9 Å². The van der Waals surface area contributed by atoms with Crippen molar-refractivity contribution in [2.75, 3.05) is 19.5 Å². The van der Waals surface area contributed by atoms with Gasteiger partial charge in [-0.2, -0.15) is 0 Å². The summed E-state index contributed by atoms with van der Waals surface area (Å²) in [6.07, 6.45) is 0. The van der Waals surface area contributed by atoms with E-state index in [2.05, 4.69) is 13.8 Å². The van der Waals surface area contributed by atoms with Gasteiger partial charge in [0.25, 0.3) is 0 Å². The zero-order valence-electron chi connectivity index (χ0n) is 13.3. The Hall–Kier alpha value is -2.36. The molecule has 0 heterocycles. The summed E-state index contributed by atoms with van der Waals surface area (Å²) in [6.45, 7) is 5.33. The fraction of sp³-hybridized carbons (Fsp3) is 0.333. The molecule has 0 radical (unpaired) electrons. The Balaban J connectivity index is 1.99. The molecule has 0 atom stereocenters. The molecule has 22 heavy (non-hydrogen) atoms. The third-order valence-electron chi connectivity index (χ3n) is 3.12. The Morgan fingerprint density at radius 3 is 2.27 bits per heavy atom. The monoisotopic (exact) mass is 301 g/mol. The third-order valence-corrected chi connectivity index (χ3v) is 3.12. The zero-order valence-corrected chi connectivity index (χ0v) is 13.3. The van der Waals surface area contributed by atoms with Gasteiger partial charge < -0.3 is 19.9 Å². The molecule has 0 unspecified atom stereocenters. The Bertz CT molecular complexity index is 594. The molecule has 0 amide bonds. The van der Waals surface area contributed by atoms with Gasteiger partial charge in [-0.25, -0.2) is 0 Å². The van der Waals surface area contributed by atoms with Crippen LogP contribution in [0.4, 0.5) is 5.69 Å². The van der Waals surface area contributed by atoms with E-state index in [1.165, 1.54) is 0 Å². The largest absolute Gasteiger partial charge is 0.497 e. The maximum atomic E-state index is 5.95. The van der Waals surface area contributed by atoms with E-state index >= 15 is 0 Å². The first-order chi connectivity index (χ1) is 10.6. The summed E-state index contributed by atoms with van der Waals surface area (Å²) in [5, 5.41) is 0. The molecule has 118 valence electrons. The number of ether oxygens (including phenoxy) is 3. The summed E-state index contributed by atoms with van der Waals surface area (Å²) in [4.78, 5) is 0. The number of methoxy groups -OCH3 is 1. The van der Waals surface area contributed by atoms with Crippen molar-refractivity contribution in [1.29, 1.82) is 0 Å². The van der Waals surface area contributed by atoms with Crippen molar-refractivity contribution in [3.63, 3.8) is 0 Å². The number of anilines is 1. The van der Waals surface area contributed by atoms with E-state index in [9.17, 15) is 0 Å². The van der Waals surface area contributed by atoms with Crippen molar-refractivity contribution in [2.24, 2.45) is 5.92 Å². The van der Waals surface area contributed by atoms with Crippen LogP contribution in [0.25, 0.3) is 0 Å². The minimum atomic E-state index is 0.446. The van der Waals surface area contributed by atoms with Gasteiger partial charge in [0.1, 0.15) is 23.9 Å². The van der Waals surface area contributed by atoms with E-state index in [1.807, 2.05) is 36.4 Å². The molecule has 0 saturated carbocycles. The first-order valence-electron chi connectivity index (χ1n) is 7.36. The van der Waals surface area contributed by atoms with Crippen LogP contribution >= 0.6 is 0 Å². The summed E-state index contributed by atoms with van der Waals surface area (Å²) in [5.41, 5.74) is 7.61. The van der Waals surface area contributed by atoms with Crippen LogP contribution in [0.1, 0.15) is 19.4 Å². The minimum Gasteiger partial charge on any atom is -0.497 e. The molecule has 4 heteroatoms. The lowest BCUT2D eigenvalue weighted by Gasteiger charge is -2.13. The average molecular weight is 301 g/mol. The lowest BCUT2D eigenvalue weighted by Crippen LogP contribution is -2.05. The molecule has 0 saturated heterocycles. The summed E-state index contributed by atoms with van der Waals surface area (Å²) in [5.74, 6) is 2.71. The summed E-state index contributed by atoms with van der Waals surface area (Å²) >= 11 is 0. The SMILES string of the molecule is COc1ccc(COc2cc(OCC(C)C)ccc2N)cc1. The Labute approximate surface area is 131 Å². The van der Waals surface area contributed by atoms with E-state index in [0.29, 0.717) is 30.6 Å². The second kappa shape index (κ2) is 7.59. The minimum absolute atomic E-state index is 0.446. The molecule has 2 aromatic carbocycles. The number of nitrogen functional groups attached to an aromatic ring is 1. The van der Waals surface area contributed by atoms with Gasteiger partial charge in [0, 0.05) is 6.07 Å². The van der Waals surface area contributed by atoms with E-state index < -0.39 is 0 Å². The Morgan fingerprint density at radius 2 is 1.64 bits per heavy atom.